The number of carbonyl (C=O) groups excluding carboxylic acids is 2. The molecule has 3 atom stereocenters. The number of piperidine rings is 1. The molecule has 0 aromatic heterocycles. The summed E-state index contributed by atoms with van der Waals surface area (Å²) in [4.78, 5) is 32.8. The maximum Gasteiger partial charge on any atom is 0.283 e. The van der Waals surface area contributed by atoms with Gasteiger partial charge in [-0.05, 0) is 61.1 Å². The first kappa shape index (κ1) is 26.2. The Morgan fingerprint density at radius 3 is 2.67 bits per heavy atom. The molecule has 1 saturated heterocycles. The number of amides is 2. The number of nitrogens with zero attached hydrogens (tertiary/aromatic N) is 2. The summed E-state index contributed by atoms with van der Waals surface area (Å²) in [6, 6.07) is 5.50. The Hall–Kier alpha value is -2.84. The fourth-order valence-corrected chi connectivity index (χ4v) is 6.07. The molecular formula is C28H35N3O4S. The van der Waals surface area contributed by atoms with Crippen LogP contribution in [0.1, 0.15) is 32.3 Å². The average Bonchev–Trinajstić information content (AvgIpc) is 2.86. The quantitative estimate of drug-likeness (QED) is 0.420. The number of hydrogen-bond donors (Lipinski definition) is 1. The van der Waals surface area contributed by atoms with E-state index in [9.17, 15) is 9.59 Å². The largest absolute Gasteiger partial charge is 0.493 e. The molecule has 4 rings (SSSR count). The Kier molecular flexibility index (Phi) is 8.69. The predicted octanol–water partition coefficient (Wildman–Crippen LogP) is 4.11. The molecule has 1 aromatic carbocycles. The molecule has 1 aliphatic carbocycles. The Morgan fingerprint density at radius 2 is 1.94 bits per heavy atom. The van der Waals surface area contributed by atoms with Crippen molar-refractivity contribution < 1.29 is 19.1 Å². The Labute approximate surface area is 217 Å². The van der Waals surface area contributed by atoms with Crippen molar-refractivity contribution in [3.05, 3.63) is 52.5 Å². The summed E-state index contributed by atoms with van der Waals surface area (Å²) < 4.78 is 10.6. The van der Waals surface area contributed by atoms with Crippen LogP contribution >= 0.6 is 11.8 Å². The molecule has 0 bridgehead atoms. The molecule has 1 N–H and O–H groups in total. The molecular weight excluding hydrogens is 474 g/mol. The van der Waals surface area contributed by atoms with Gasteiger partial charge in [-0.1, -0.05) is 32.1 Å². The third kappa shape index (κ3) is 6.48. The summed E-state index contributed by atoms with van der Waals surface area (Å²) in [5.74, 6) is 2.26. The van der Waals surface area contributed by atoms with Crippen molar-refractivity contribution in [3.63, 3.8) is 0 Å². The highest BCUT2D eigenvalue weighted by Crippen LogP contribution is 2.35. The number of carbonyl (C=O) groups is 2. The van der Waals surface area contributed by atoms with Gasteiger partial charge in [0.1, 0.15) is 0 Å². The fraction of sp³-hybridized carbons (Fsp3) is 0.464. The molecule has 0 radical (unpaired) electrons. The van der Waals surface area contributed by atoms with Gasteiger partial charge in [-0.25, -0.2) is 4.99 Å². The van der Waals surface area contributed by atoms with Crippen molar-refractivity contribution in [3.8, 4) is 11.5 Å². The second kappa shape index (κ2) is 11.9. The molecule has 8 heteroatoms. The van der Waals surface area contributed by atoms with Crippen LogP contribution < -0.4 is 14.8 Å². The summed E-state index contributed by atoms with van der Waals surface area (Å²) in [5.41, 5.74) is 1.97. The molecule has 0 spiro atoms. The second-order valence-corrected chi connectivity index (χ2v) is 11.0. The lowest BCUT2D eigenvalue weighted by atomic mass is 9.92. The third-order valence-electron chi connectivity index (χ3n) is 6.59. The SMILES string of the molecule is COc1ccc(/C=C2/SC3C=CC(C(=O)NCCCN4CC(C)CC(C)C4)=CC3=NC2=O)cc1OC. The molecule has 0 saturated carbocycles. The van der Waals surface area contributed by atoms with E-state index in [4.69, 9.17) is 9.47 Å². The van der Waals surface area contributed by atoms with Crippen LogP contribution in [-0.2, 0) is 9.59 Å². The van der Waals surface area contributed by atoms with Gasteiger partial charge in [0, 0.05) is 25.2 Å². The first-order valence-corrected chi connectivity index (χ1v) is 13.4. The summed E-state index contributed by atoms with van der Waals surface area (Å²) in [5, 5.41) is 2.91. The van der Waals surface area contributed by atoms with E-state index in [0.29, 0.717) is 34.2 Å². The lowest BCUT2D eigenvalue weighted by Crippen LogP contribution is -2.40. The average molecular weight is 510 g/mol. The van der Waals surface area contributed by atoms with E-state index in [1.54, 1.807) is 32.4 Å². The number of hydrogen-bond acceptors (Lipinski definition) is 6. The molecule has 192 valence electrons. The normalized spacial score (nSPS) is 25.2. The van der Waals surface area contributed by atoms with Gasteiger partial charge in [0.05, 0.1) is 30.1 Å². The first-order valence-electron chi connectivity index (χ1n) is 12.5. The van der Waals surface area contributed by atoms with Gasteiger partial charge in [0.15, 0.2) is 11.5 Å². The molecule has 7 nitrogen and oxygen atoms in total. The minimum Gasteiger partial charge on any atom is -0.493 e. The van der Waals surface area contributed by atoms with Crippen molar-refractivity contribution in [1.29, 1.82) is 0 Å². The number of methoxy groups -OCH3 is 2. The summed E-state index contributed by atoms with van der Waals surface area (Å²) >= 11 is 1.43. The van der Waals surface area contributed by atoms with Crippen LogP contribution in [0.15, 0.2) is 51.9 Å². The fourth-order valence-electron chi connectivity index (χ4n) is 5.05. The van der Waals surface area contributed by atoms with Gasteiger partial charge in [-0.15, -0.1) is 11.8 Å². The van der Waals surface area contributed by atoms with Crippen LogP contribution in [0.5, 0.6) is 11.5 Å². The highest BCUT2D eigenvalue weighted by molar-refractivity contribution is 8.05. The summed E-state index contributed by atoms with van der Waals surface area (Å²) in [6.07, 6.45) is 9.51. The highest BCUT2D eigenvalue weighted by atomic mass is 32.2. The van der Waals surface area contributed by atoms with Crippen molar-refractivity contribution in [2.75, 3.05) is 40.4 Å². The molecule has 36 heavy (non-hydrogen) atoms. The highest BCUT2D eigenvalue weighted by Gasteiger charge is 2.28. The molecule has 2 amide bonds. The molecule has 1 aromatic rings. The van der Waals surface area contributed by atoms with Crippen LogP contribution in [0.3, 0.4) is 0 Å². The van der Waals surface area contributed by atoms with Crippen LogP contribution in [0.2, 0.25) is 0 Å². The number of fused-ring (bicyclic) bond motifs is 1. The monoisotopic (exact) mass is 509 g/mol. The topological polar surface area (TPSA) is 80.2 Å². The third-order valence-corrected chi connectivity index (χ3v) is 7.79. The maximum absolute atomic E-state index is 12.7. The van der Waals surface area contributed by atoms with Crippen molar-refractivity contribution >= 4 is 35.4 Å². The lowest BCUT2D eigenvalue weighted by Gasteiger charge is -2.34. The van der Waals surface area contributed by atoms with Crippen LogP contribution in [0.4, 0.5) is 0 Å². The zero-order chi connectivity index (χ0) is 25.7. The van der Waals surface area contributed by atoms with Crippen molar-refractivity contribution in [1.82, 2.24) is 10.2 Å². The van der Waals surface area contributed by atoms with Crippen LogP contribution in [0, 0.1) is 11.8 Å². The van der Waals surface area contributed by atoms with Gasteiger partial charge >= 0.3 is 0 Å². The molecule has 3 unspecified atom stereocenters. The number of allylic oxidation sites excluding steroid dienone is 1. The van der Waals surface area contributed by atoms with E-state index >= 15 is 0 Å². The van der Waals surface area contributed by atoms with E-state index in [0.717, 1.165) is 43.5 Å². The Morgan fingerprint density at radius 1 is 1.19 bits per heavy atom. The minimum absolute atomic E-state index is 0.103. The van der Waals surface area contributed by atoms with Gasteiger partial charge in [-0.2, -0.15) is 0 Å². The van der Waals surface area contributed by atoms with Crippen molar-refractivity contribution in [2.24, 2.45) is 16.8 Å². The zero-order valence-corrected chi connectivity index (χ0v) is 22.3. The maximum atomic E-state index is 12.7. The number of nitrogens with one attached hydrogen (secondary N) is 1. The Bertz CT molecular complexity index is 1110. The number of ether oxygens (including phenoxy) is 2. The smallest absolute Gasteiger partial charge is 0.283 e. The standard InChI is InChI=1S/C28H35N3O4S/c1-18-12-19(2)17-31(16-18)11-5-10-29-27(32)21-7-9-25-22(15-21)30-28(33)26(36-25)14-20-6-8-23(34-3)24(13-20)35-4/h6-9,13-15,18-19,25H,5,10-12,16-17H2,1-4H3,(H,29,32)/b26-14+. The molecule has 2 aliphatic heterocycles. The number of thioether (sulfide) groups is 1. The predicted molar refractivity (Wildman–Crippen MR) is 146 cm³/mol. The van der Waals surface area contributed by atoms with E-state index in [-0.39, 0.29) is 17.1 Å². The summed E-state index contributed by atoms with van der Waals surface area (Å²) in [7, 11) is 3.16. The minimum atomic E-state index is -0.308. The molecule has 3 aliphatic rings. The number of rotatable bonds is 8. The van der Waals surface area contributed by atoms with Crippen LogP contribution in [0.25, 0.3) is 6.08 Å². The van der Waals surface area contributed by atoms with Gasteiger partial charge in [-0.3, -0.25) is 9.59 Å². The number of likely N-dealkylation sites (tertiary alicyclic amines) is 1. The zero-order valence-electron chi connectivity index (χ0n) is 21.5. The molecule has 1 fully saturated rings. The van der Waals surface area contributed by atoms with E-state index < -0.39 is 0 Å². The number of benzene rings is 1. The Balaban J connectivity index is 1.34. The first-order chi connectivity index (χ1) is 17.4. The molecule has 2 heterocycles. The second-order valence-electron chi connectivity index (χ2n) is 9.78. The van der Waals surface area contributed by atoms with Gasteiger partial charge < -0.3 is 19.7 Å². The van der Waals surface area contributed by atoms with E-state index in [2.05, 4.69) is 29.1 Å². The van der Waals surface area contributed by atoms with Crippen molar-refractivity contribution in [2.45, 2.75) is 31.9 Å². The summed E-state index contributed by atoms with van der Waals surface area (Å²) in [6.45, 7) is 8.53. The van der Waals surface area contributed by atoms with E-state index in [1.807, 2.05) is 24.3 Å². The van der Waals surface area contributed by atoms with Crippen LogP contribution in [-0.4, -0.2) is 68.1 Å². The van der Waals surface area contributed by atoms with Gasteiger partial charge in [0.25, 0.3) is 11.8 Å². The van der Waals surface area contributed by atoms with E-state index in [1.165, 1.54) is 18.2 Å². The van der Waals surface area contributed by atoms with Gasteiger partial charge in [0.2, 0.25) is 0 Å². The number of aliphatic imine (C=N–C) groups is 1. The lowest BCUT2D eigenvalue weighted by molar-refractivity contribution is -0.117.